The van der Waals surface area contributed by atoms with E-state index in [0.717, 1.165) is 5.56 Å². The van der Waals surface area contributed by atoms with E-state index in [9.17, 15) is 4.79 Å². The third kappa shape index (κ3) is 4.35. The Kier molecular flexibility index (Phi) is 5.34. The molecule has 5 heteroatoms. The molecule has 1 aromatic carbocycles. The van der Waals surface area contributed by atoms with Crippen LogP contribution in [0.4, 0.5) is 0 Å². The van der Waals surface area contributed by atoms with Gasteiger partial charge in [0.1, 0.15) is 5.75 Å². The van der Waals surface area contributed by atoms with Crippen molar-refractivity contribution in [2.75, 3.05) is 13.2 Å². The van der Waals surface area contributed by atoms with Crippen LogP contribution in [0.2, 0.25) is 5.02 Å². The molecule has 4 nitrogen and oxygen atoms in total. The van der Waals surface area contributed by atoms with Gasteiger partial charge in [-0.05, 0) is 18.2 Å². The standard InChI is InChI=1S/C12H13ClN2O2/c1-2-5-15-12(16)8-17-11-4-3-10(13)6-9(11)7-14/h1,3-4,6H,5,7-8,14H2,(H,15,16). The molecule has 0 aliphatic heterocycles. The number of nitrogens with one attached hydrogen (secondary N) is 1. The van der Waals surface area contributed by atoms with E-state index in [2.05, 4.69) is 11.2 Å². The first-order valence-electron chi connectivity index (χ1n) is 4.99. The molecule has 0 aromatic heterocycles. The normalized spacial score (nSPS) is 9.47. The van der Waals surface area contributed by atoms with Crippen molar-refractivity contribution in [1.29, 1.82) is 0 Å². The van der Waals surface area contributed by atoms with Gasteiger partial charge in [-0.2, -0.15) is 0 Å². The van der Waals surface area contributed by atoms with Gasteiger partial charge in [-0.25, -0.2) is 0 Å². The van der Waals surface area contributed by atoms with E-state index < -0.39 is 0 Å². The summed E-state index contributed by atoms with van der Waals surface area (Å²) in [5, 5.41) is 3.07. The van der Waals surface area contributed by atoms with Crippen molar-refractivity contribution in [3.8, 4) is 18.1 Å². The predicted molar refractivity (Wildman–Crippen MR) is 66.7 cm³/mol. The summed E-state index contributed by atoms with van der Waals surface area (Å²) in [6, 6.07) is 5.06. The van der Waals surface area contributed by atoms with Gasteiger partial charge < -0.3 is 15.8 Å². The van der Waals surface area contributed by atoms with Crippen LogP contribution >= 0.6 is 11.6 Å². The number of rotatable bonds is 5. The monoisotopic (exact) mass is 252 g/mol. The number of hydrogen-bond acceptors (Lipinski definition) is 3. The summed E-state index contributed by atoms with van der Waals surface area (Å²) in [6.45, 7) is 0.380. The van der Waals surface area contributed by atoms with Crippen LogP contribution in [-0.2, 0) is 11.3 Å². The Morgan fingerprint density at radius 2 is 2.35 bits per heavy atom. The molecule has 0 fully saturated rings. The largest absolute Gasteiger partial charge is 0.483 e. The number of ether oxygens (including phenoxy) is 1. The molecule has 1 rings (SSSR count). The second kappa shape index (κ2) is 6.79. The van der Waals surface area contributed by atoms with E-state index in [1.54, 1.807) is 18.2 Å². The van der Waals surface area contributed by atoms with E-state index in [-0.39, 0.29) is 19.1 Å². The van der Waals surface area contributed by atoms with Gasteiger partial charge >= 0.3 is 0 Å². The summed E-state index contributed by atoms with van der Waals surface area (Å²) in [7, 11) is 0. The first kappa shape index (κ1) is 13.4. The van der Waals surface area contributed by atoms with Crippen molar-refractivity contribution in [3.05, 3.63) is 28.8 Å². The van der Waals surface area contributed by atoms with E-state index in [0.29, 0.717) is 17.3 Å². The van der Waals surface area contributed by atoms with Crippen LogP contribution in [0, 0.1) is 12.3 Å². The zero-order valence-corrected chi connectivity index (χ0v) is 9.96. The molecular formula is C12H13ClN2O2. The fourth-order valence-corrected chi connectivity index (χ4v) is 1.39. The Labute approximate surface area is 105 Å². The molecule has 0 atom stereocenters. The average molecular weight is 253 g/mol. The van der Waals surface area contributed by atoms with Crippen molar-refractivity contribution in [1.82, 2.24) is 5.32 Å². The Morgan fingerprint density at radius 1 is 1.59 bits per heavy atom. The van der Waals surface area contributed by atoms with Crippen LogP contribution in [0.3, 0.4) is 0 Å². The maximum Gasteiger partial charge on any atom is 0.258 e. The van der Waals surface area contributed by atoms with Gasteiger partial charge in [-0.1, -0.05) is 17.5 Å². The van der Waals surface area contributed by atoms with E-state index >= 15 is 0 Å². The molecule has 0 spiro atoms. The van der Waals surface area contributed by atoms with Crippen LogP contribution in [0.5, 0.6) is 5.75 Å². The zero-order chi connectivity index (χ0) is 12.7. The number of amides is 1. The molecule has 0 saturated carbocycles. The predicted octanol–water partition coefficient (Wildman–Crippen LogP) is 0.927. The van der Waals surface area contributed by atoms with Crippen LogP contribution in [0.1, 0.15) is 5.56 Å². The lowest BCUT2D eigenvalue weighted by atomic mass is 10.2. The molecule has 1 amide bonds. The summed E-state index contributed by atoms with van der Waals surface area (Å²) in [4.78, 5) is 11.3. The summed E-state index contributed by atoms with van der Waals surface area (Å²) in [6.07, 6.45) is 5.01. The van der Waals surface area contributed by atoms with Crippen molar-refractivity contribution < 1.29 is 9.53 Å². The molecular weight excluding hydrogens is 240 g/mol. The van der Waals surface area contributed by atoms with E-state index in [1.807, 2.05) is 0 Å². The van der Waals surface area contributed by atoms with Gasteiger partial charge in [0.05, 0.1) is 6.54 Å². The summed E-state index contributed by atoms with van der Waals surface area (Å²) >= 11 is 5.81. The molecule has 0 aliphatic carbocycles. The molecule has 0 heterocycles. The van der Waals surface area contributed by atoms with Crippen molar-refractivity contribution >= 4 is 17.5 Å². The Bertz CT molecular complexity index is 441. The number of terminal acetylenes is 1. The molecule has 1 aromatic rings. The van der Waals surface area contributed by atoms with Gasteiger partial charge in [0.2, 0.25) is 0 Å². The maximum atomic E-state index is 11.3. The van der Waals surface area contributed by atoms with Crippen LogP contribution < -0.4 is 15.8 Å². The van der Waals surface area contributed by atoms with Gasteiger partial charge in [-0.15, -0.1) is 6.42 Å². The minimum absolute atomic E-state index is 0.101. The number of nitrogens with two attached hydrogens (primary N) is 1. The first-order chi connectivity index (χ1) is 8.17. The number of hydrogen-bond donors (Lipinski definition) is 2. The zero-order valence-electron chi connectivity index (χ0n) is 9.20. The average Bonchev–Trinajstić information content (AvgIpc) is 2.34. The second-order valence-corrected chi connectivity index (χ2v) is 3.66. The number of benzene rings is 1. The number of halogens is 1. The highest BCUT2D eigenvalue weighted by molar-refractivity contribution is 6.30. The van der Waals surface area contributed by atoms with Gasteiger partial charge in [0.25, 0.3) is 5.91 Å². The SMILES string of the molecule is C#CCNC(=O)COc1ccc(Cl)cc1CN. The van der Waals surface area contributed by atoms with Crippen molar-refractivity contribution in [2.24, 2.45) is 5.73 Å². The van der Waals surface area contributed by atoms with Gasteiger partial charge in [-0.3, -0.25) is 4.79 Å². The molecule has 90 valence electrons. The van der Waals surface area contributed by atoms with E-state index in [1.165, 1.54) is 0 Å². The van der Waals surface area contributed by atoms with Crippen molar-refractivity contribution in [3.63, 3.8) is 0 Å². The second-order valence-electron chi connectivity index (χ2n) is 3.23. The van der Waals surface area contributed by atoms with Gasteiger partial charge in [0.15, 0.2) is 6.61 Å². The summed E-state index contributed by atoms with van der Waals surface area (Å²) in [5.41, 5.74) is 6.29. The Morgan fingerprint density at radius 3 is 3.00 bits per heavy atom. The first-order valence-corrected chi connectivity index (χ1v) is 5.36. The lowest BCUT2D eigenvalue weighted by molar-refractivity contribution is -0.122. The minimum Gasteiger partial charge on any atom is -0.483 e. The lowest BCUT2D eigenvalue weighted by Gasteiger charge is -2.10. The van der Waals surface area contributed by atoms with E-state index in [4.69, 9.17) is 28.5 Å². The van der Waals surface area contributed by atoms with Crippen molar-refractivity contribution in [2.45, 2.75) is 6.54 Å². The molecule has 17 heavy (non-hydrogen) atoms. The molecule has 3 N–H and O–H groups in total. The highest BCUT2D eigenvalue weighted by atomic mass is 35.5. The fourth-order valence-electron chi connectivity index (χ4n) is 1.19. The lowest BCUT2D eigenvalue weighted by Crippen LogP contribution is -2.29. The number of carbonyl (C=O) groups is 1. The van der Waals surface area contributed by atoms with Crippen LogP contribution in [-0.4, -0.2) is 19.1 Å². The molecule has 0 saturated heterocycles. The molecule has 0 radical (unpaired) electrons. The summed E-state index contributed by atoms with van der Waals surface area (Å²) < 4.78 is 5.32. The smallest absolute Gasteiger partial charge is 0.258 e. The Balaban J connectivity index is 2.57. The van der Waals surface area contributed by atoms with Crippen LogP contribution in [0.25, 0.3) is 0 Å². The quantitative estimate of drug-likeness (QED) is 0.767. The maximum absolute atomic E-state index is 11.3. The molecule has 0 aliphatic rings. The molecule has 0 unspecified atom stereocenters. The highest BCUT2D eigenvalue weighted by Gasteiger charge is 2.06. The fraction of sp³-hybridized carbons (Fsp3) is 0.250. The summed E-state index contributed by atoms with van der Waals surface area (Å²) in [5.74, 6) is 2.57. The third-order valence-electron chi connectivity index (χ3n) is 1.99. The Hall–Kier alpha value is -1.70. The van der Waals surface area contributed by atoms with Crippen LogP contribution in [0.15, 0.2) is 18.2 Å². The third-order valence-corrected chi connectivity index (χ3v) is 2.22. The topological polar surface area (TPSA) is 64.3 Å². The minimum atomic E-state index is -0.277. The number of carbonyl (C=O) groups excluding carboxylic acids is 1. The highest BCUT2D eigenvalue weighted by Crippen LogP contribution is 2.22. The molecule has 0 bridgehead atoms. The van der Waals surface area contributed by atoms with Gasteiger partial charge in [0, 0.05) is 17.1 Å².